The van der Waals surface area contributed by atoms with E-state index in [4.69, 9.17) is 11.6 Å². The summed E-state index contributed by atoms with van der Waals surface area (Å²) in [4.78, 5) is 2.49. The molecule has 1 aliphatic rings. The van der Waals surface area contributed by atoms with Gasteiger partial charge in [-0.3, -0.25) is 0 Å². The van der Waals surface area contributed by atoms with Crippen LogP contribution in [0, 0.1) is 5.92 Å². The molecule has 3 unspecified atom stereocenters. The minimum absolute atomic E-state index is 0.523. The van der Waals surface area contributed by atoms with Gasteiger partial charge in [-0.25, -0.2) is 0 Å². The zero-order chi connectivity index (χ0) is 14.0. The third-order valence-corrected chi connectivity index (χ3v) is 5.12. The van der Waals surface area contributed by atoms with E-state index in [9.17, 15) is 0 Å². The molecule has 1 fully saturated rings. The Kier molecular flexibility index (Phi) is 5.15. The van der Waals surface area contributed by atoms with Gasteiger partial charge in [0, 0.05) is 28.1 Å². The first kappa shape index (κ1) is 15.1. The van der Waals surface area contributed by atoms with Gasteiger partial charge in [-0.2, -0.15) is 0 Å². The first-order valence-corrected chi connectivity index (χ1v) is 8.16. The predicted molar refractivity (Wildman–Crippen MR) is 87.2 cm³/mol. The van der Waals surface area contributed by atoms with Gasteiger partial charge in [0.1, 0.15) is 0 Å². The molecule has 0 bridgehead atoms. The molecule has 19 heavy (non-hydrogen) atoms. The minimum Gasteiger partial charge on any atom is -0.368 e. The lowest BCUT2D eigenvalue weighted by molar-refractivity contribution is 0.274. The van der Waals surface area contributed by atoms with Crippen molar-refractivity contribution in [2.75, 3.05) is 18.0 Å². The Morgan fingerprint density at radius 3 is 2.79 bits per heavy atom. The third-order valence-electron chi connectivity index (χ3n) is 4.25. The first-order chi connectivity index (χ1) is 9.04. The van der Waals surface area contributed by atoms with E-state index >= 15 is 0 Å². The van der Waals surface area contributed by atoms with Crippen LogP contribution < -0.4 is 10.2 Å². The van der Waals surface area contributed by atoms with Crippen molar-refractivity contribution >= 4 is 33.2 Å². The van der Waals surface area contributed by atoms with Crippen LogP contribution in [0.25, 0.3) is 0 Å². The number of halogens is 2. The highest BCUT2D eigenvalue weighted by molar-refractivity contribution is 9.10. The van der Waals surface area contributed by atoms with Crippen molar-refractivity contribution in [3.8, 4) is 0 Å². The third kappa shape index (κ3) is 3.26. The number of piperidine rings is 1. The van der Waals surface area contributed by atoms with Crippen LogP contribution in [0.4, 0.5) is 5.69 Å². The second kappa shape index (κ2) is 6.47. The summed E-state index contributed by atoms with van der Waals surface area (Å²) < 4.78 is 1.08. The number of rotatable bonds is 3. The fourth-order valence-corrected chi connectivity index (χ4v) is 3.88. The number of anilines is 1. The van der Waals surface area contributed by atoms with Crippen LogP contribution in [-0.2, 0) is 0 Å². The van der Waals surface area contributed by atoms with E-state index in [1.165, 1.54) is 12.1 Å². The molecule has 3 atom stereocenters. The summed E-state index contributed by atoms with van der Waals surface area (Å²) in [7, 11) is 0. The van der Waals surface area contributed by atoms with Crippen molar-refractivity contribution < 1.29 is 0 Å². The lowest BCUT2D eigenvalue weighted by Crippen LogP contribution is -2.53. The smallest absolute Gasteiger partial charge is 0.0514 e. The maximum atomic E-state index is 6.03. The molecule has 0 amide bonds. The molecule has 0 spiro atoms. The van der Waals surface area contributed by atoms with Gasteiger partial charge in [0.15, 0.2) is 0 Å². The summed E-state index contributed by atoms with van der Waals surface area (Å²) in [6.45, 7) is 8.97. The van der Waals surface area contributed by atoms with E-state index in [1.54, 1.807) is 0 Å². The molecule has 1 aliphatic heterocycles. The van der Waals surface area contributed by atoms with Crippen molar-refractivity contribution in [2.24, 2.45) is 5.92 Å². The summed E-state index contributed by atoms with van der Waals surface area (Å²) >= 11 is 9.66. The van der Waals surface area contributed by atoms with E-state index in [2.05, 4.69) is 53.0 Å². The van der Waals surface area contributed by atoms with Crippen LogP contribution >= 0.6 is 27.5 Å². The summed E-state index contributed by atoms with van der Waals surface area (Å²) in [6, 6.07) is 7.21. The SMILES string of the molecule is CCNC1CCN(c2ccc(Cl)cc2Br)C(C)C1C. The molecule has 2 nitrogen and oxygen atoms in total. The quantitative estimate of drug-likeness (QED) is 0.878. The Labute approximate surface area is 129 Å². The number of nitrogens with zero attached hydrogens (tertiary/aromatic N) is 1. The summed E-state index contributed by atoms with van der Waals surface area (Å²) in [6.07, 6.45) is 1.19. The maximum Gasteiger partial charge on any atom is 0.0514 e. The molecule has 1 heterocycles. The average Bonchev–Trinajstić information content (AvgIpc) is 2.37. The molecule has 1 aromatic rings. The molecule has 0 radical (unpaired) electrons. The fraction of sp³-hybridized carbons (Fsp3) is 0.600. The molecule has 0 saturated carbocycles. The van der Waals surface area contributed by atoms with Crippen LogP contribution in [0.5, 0.6) is 0 Å². The van der Waals surface area contributed by atoms with E-state index in [1.807, 2.05) is 12.1 Å². The van der Waals surface area contributed by atoms with Crippen LogP contribution in [-0.4, -0.2) is 25.2 Å². The summed E-state index contributed by atoms with van der Waals surface area (Å²) in [5.74, 6) is 0.635. The standard InChI is InChI=1S/C15H22BrClN2/c1-4-18-14-7-8-19(11(3)10(14)2)15-6-5-12(17)9-13(15)16/h5-6,9-11,14,18H,4,7-8H2,1-3H3. The zero-order valence-electron chi connectivity index (χ0n) is 11.8. The van der Waals surface area contributed by atoms with Gasteiger partial charge < -0.3 is 10.2 Å². The van der Waals surface area contributed by atoms with Gasteiger partial charge in [-0.05, 0) is 59.9 Å². The van der Waals surface area contributed by atoms with Crippen LogP contribution in [0.3, 0.4) is 0 Å². The van der Waals surface area contributed by atoms with Crippen LogP contribution in [0.1, 0.15) is 27.2 Å². The molecule has 2 rings (SSSR count). The minimum atomic E-state index is 0.523. The van der Waals surface area contributed by atoms with E-state index in [0.29, 0.717) is 18.0 Å². The maximum absolute atomic E-state index is 6.03. The molecule has 1 saturated heterocycles. The summed E-state index contributed by atoms with van der Waals surface area (Å²) in [5.41, 5.74) is 1.25. The second-order valence-electron chi connectivity index (χ2n) is 5.34. The molecular formula is C15H22BrClN2. The number of nitrogens with one attached hydrogen (secondary N) is 1. The molecule has 1 aromatic carbocycles. The molecule has 0 aromatic heterocycles. The van der Waals surface area contributed by atoms with Crippen molar-refractivity contribution in [3.05, 3.63) is 27.7 Å². The second-order valence-corrected chi connectivity index (χ2v) is 6.63. The topological polar surface area (TPSA) is 15.3 Å². The molecule has 0 aliphatic carbocycles. The summed E-state index contributed by atoms with van der Waals surface area (Å²) in [5, 5.41) is 4.38. The Morgan fingerprint density at radius 2 is 2.16 bits per heavy atom. The van der Waals surface area contributed by atoms with Crippen molar-refractivity contribution in [2.45, 2.75) is 39.3 Å². The molecule has 106 valence electrons. The van der Waals surface area contributed by atoms with Gasteiger partial charge in [0.05, 0.1) is 5.69 Å². The highest BCUT2D eigenvalue weighted by Crippen LogP contribution is 2.35. The molecular weight excluding hydrogens is 324 g/mol. The highest BCUT2D eigenvalue weighted by atomic mass is 79.9. The van der Waals surface area contributed by atoms with E-state index in [-0.39, 0.29) is 0 Å². The van der Waals surface area contributed by atoms with Crippen LogP contribution in [0.2, 0.25) is 5.02 Å². The van der Waals surface area contributed by atoms with Gasteiger partial charge in [0.2, 0.25) is 0 Å². The van der Waals surface area contributed by atoms with Crippen molar-refractivity contribution in [3.63, 3.8) is 0 Å². The normalized spacial score (nSPS) is 27.6. The number of hydrogen-bond acceptors (Lipinski definition) is 2. The van der Waals surface area contributed by atoms with E-state index in [0.717, 1.165) is 22.6 Å². The van der Waals surface area contributed by atoms with Gasteiger partial charge in [0.25, 0.3) is 0 Å². The Hall–Kier alpha value is -0.250. The number of benzene rings is 1. The van der Waals surface area contributed by atoms with Crippen molar-refractivity contribution in [1.82, 2.24) is 5.32 Å². The Morgan fingerprint density at radius 1 is 1.42 bits per heavy atom. The van der Waals surface area contributed by atoms with Gasteiger partial charge >= 0.3 is 0 Å². The van der Waals surface area contributed by atoms with Crippen LogP contribution in [0.15, 0.2) is 22.7 Å². The lowest BCUT2D eigenvalue weighted by atomic mass is 9.86. The first-order valence-electron chi connectivity index (χ1n) is 6.99. The van der Waals surface area contributed by atoms with E-state index < -0.39 is 0 Å². The molecule has 1 N–H and O–H groups in total. The zero-order valence-corrected chi connectivity index (χ0v) is 14.1. The Bertz CT molecular complexity index is 438. The molecule has 4 heteroatoms. The predicted octanol–water partition coefficient (Wildman–Crippen LogP) is 4.32. The fourth-order valence-electron chi connectivity index (χ4n) is 2.97. The van der Waals surface area contributed by atoms with Gasteiger partial charge in [-0.1, -0.05) is 25.4 Å². The monoisotopic (exact) mass is 344 g/mol. The van der Waals surface area contributed by atoms with Gasteiger partial charge in [-0.15, -0.1) is 0 Å². The van der Waals surface area contributed by atoms with Crippen molar-refractivity contribution in [1.29, 1.82) is 0 Å². The Balaban J connectivity index is 2.18. The lowest BCUT2D eigenvalue weighted by Gasteiger charge is -2.44. The largest absolute Gasteiger partial charge is 0.368 e. The number of hydrogen-bond donors (Lipinski definition) is 1. The average molecular weight is 346 g/mol. The highest BCUT2D eigenvalue weighted by Gasteiger charge is 2.32.